The summed E-state index contributed by atoms with van der Waals surface area (Å²) in [6, 6.07) is 8.45. The van der Waals surface area contributed by atoms with Crippen LogP contribution >= 0.6 is 27.5 Å². The first-order valence-corrected chi connectivity index (χ1v) is 6.07. The Bertz CT molecular complexity index is 604. The molecule has 0 aliphatic rings. The highest BCUT2D eigenvalue weighted by molar-refractivity contribution is 9.10. The summed E-state index contributed by atoms with van der Waals surface area (Å²) in [4.78, 5) is 14.8. The zero-order valence-electron chi connectivity index (χ0n) is 8.93. The third-order valence-corrected chi connectivity index (χ3v) is 3.15. The number of aromatic nitrogens is 1. The van der Waals surface area contributed by atoms with E-state index in [4.69, 9.17) is 21.4 Å². The molecule has 0 aliphatic heterocycles. The molecule has 1 heterocycles. The standard InChI is InChI=1S/C12H7BrClNO3/c13-8-3-1-2-4-9(8)18-11-10(14)7(12(16)17)5-6-15-11/h1-6H,(H,16,17). The van der Waals surface area contributed by atoms with Gasteiger partial charge >= 0.3 is 5.97 Å². The number of pyridine rings is 1. The molecule has 0 atom stereocenters. The molecule has 1 aromatic heterocycles. The molecule has 6 heteroatoms. The SMILES string of the molecule is O=C(O)c1ccnc(Oc2ccccc2Br)c1Cl. The Hall–Kier alpha value is -1.59. The Kier molecular flexibility index (Phi) is 3.84. The van der Waals surface area contributed by atoms with Crippen molar-refractivity contribution in [3.05, 3.63) is 51.6 Å². The molecule has 4 nitrogen and oxygen atoms in total. The van der Waals surface area contributed by atoms with Crippen LogP contribution in [0.1, 0.15) is 10.4 Å². The lowest BCUT2D eigenvalue weighted by molar-refractivity contribution is 0.0696. The van der Waals surface area contributed by atoms with E-state index in [1.165, 1.54) is 12.3 Å². The van der Waals surface area contributed by atoms with Gasteiger partial charge in [0.2, 0.25) is 5.88 Å². The van der Waals surface area contributed by atoms with E-state index in [9.17, 15) is 4.79 Å². The summed E-state index contributed by atoms with van der Waals surface area (Å²) in [7, 11) is 0. The van der Waals surface area contributed by atoms with Gasteiger partial charge in [0.15, 0.2) is 0 Å². The van der Waals surface area contributed by atoms with E-state index in [1.54, 1.807) is 18.2 Å². The fourth-order valence-electron chi connectivity index (χ4n) is 1.29. The lowest BCUT2D eigenvalue weighted by atomic mass is 10.2. The average molecular weight is 329 g/mol. The van der Waals surface area contributed by atoms with E-state index in [0.717, 1.165) is 4.47 Å². The smallest absolute Gasteiger partial charge is 0.337 e. The summed E-state index contributed by atoms with van der Waals surface area (Å²) in [6.45, 7) is 0. The second-order valence-corrected chi connectivity index (χ2v) is 4.55. The van der Waals surface area contributed by atoms with Crippen molar-refractivity contribution < 1.29 is 14.6 Å². The summed E-state index contributed by atoms with van der Waals surface area (Å²) in [5.41, 5.74) is -0.0475. The molecule has 92 valence electrons. The molecule has 0 aliphatic carbocycles. The van der Waals surface area contributed by atoms with E-state index in [-0.39, 0.29) is 16.5 Å². The second-order valence-electron chi connectivity index (χ2n) is 3.32. The third kappa shape index (κ3) is 2.63. The van der Waals surface area contributed by atoms with Crippen LogP contribution in [0.5, 0.6) is 11.6 Å². The van der Waals surface area contributed by atoms with Crippen molar-refractivity contribution in [1.82, 2.24) is 4.98 Å². The topological polar surface area (TPSA) is 59.4 Å². The Morgan fingerprint density at radius 3 is 2.72 bits per heavy atom. The van der Waals surface area contributed by atoms with Gasteiger partial charge in [-0.2, -0.15) is 0 Å². The third-order valence-electron chi connectivity index (χ3n) is 2.13. The van der Waals surface area contributed by atoms with Crippen molar-refractivity contribution in [3.8, 4) is 11.6 Å². The zero-order valence-corrected chi connectivity index (χ0v) is 11.3. The van der Waals surface area contributed by atoms with Crippen LogP contribution < -0.4 is 4.74 Å². The Balaban J connectivity index is 2.39. The summed E-state index contributed by atoms with van der Waals surface area (Å²) >= 11 is 9.24. The molecule has 0 saturated heterocycles. The predicted molar refractivity (Wildman–Crippen MR) is 70.4 cm³/mol. The average Bonchev–Trinajstić information content (AvgIpc) is 2.34. The first-order chi connectivity index (χ1) is 8.59. The number of nitrogens with zero attached hydrogens (tertiary/aromatic N) is 1. The van der Waals surface area contributed by atoms with Crippen LogP contribution in [-0.2, 0) is 0 Å². The van der Waals surface area contributed by atoms with Gasteiger partial charge in [0.1, 0.15) is 10.8 Å². The van der Waals surface area contributed by atoms with Crippen molar-refractivity contribution in [2.24, 2.45) is 0 Å². The highest BCUT2D eigenvalue weighted by atomic mass is 79.9. The summed E-state index contributed by atoms with van der Waals surface area (Å²) < 4.78 is 6.20. The van der Waals surface area contributed by atoms with E-state index in [0.29, 0.717) is 5.75 Å². The largest absolute Gasteiger partial charge is 0.478 e. The van der Waals surface area contributed by atoms with Crippen LogP contribution in [0.25, 0.3) is 0 Å². The van der Waals surface area contributed by atoms with Gasteiger partial charge in [-0.05, 0) is 34.1 Å². The van der Waals surface area contributed by atoms with Crippen molar-refractivity contribution in [3.63, 3.8) is 0 Å². The minimum Gasteiger partial charge on any atom is -0.478 e. The quantitative estimate of drug-likeness (QED) is 0.925. The number of hydrogen-bond acceptors (Lipinski definition) is 3. The maximum absolute atomic E-state index is 10.9. The van der Waals surface area contributed by atoms with Gasteiger partial charge in [-0.25, -0.2) is 9.78 Å². The lowest BCUT2D eigenvalue weighted by Crippen LogP contribution is -2.00. The first kappa shape index (κ1) is 12.9. The van der Waals surface area contributed by atoms with E-state index >= 15 is 0 Å². The molecule has 0 spiro atoms. The van der Waals surface area contributed by atoms with Gasteiger partial charge in [0, 0.05) is 6.20 Å². The molecule has 0 unspecified atom stereocenters. The van der Waals surface area contributed by atoms with Crippen LogP contribution in [0.15, 0.2) is 41.0 Å². The number of aromatic carboxylic acids is 1. The minimum absolute atomic E-state index is 0.0271. The summed E-state index contributed by atoms with van der Waals surface area (Å²) in [5, 5.41) is 8.91. The minimum atomic E-state index is -1.13. The molecule has 0 saturated carbocycles. The maximum atomic E-state index is 10.9. The van der Waals surface area contributed by atoms with E-state index < -0.39 is 5.97 Å². The van der Waals surface area contributed by atoms with Crippen molar-refractivity contribution in [2.45, 2.75) is 0 Å². The Morgan fingerprint density at radius 2 is 2.06 bits per heavy atom. The van der Waals surface area contributed by atoms with Crippen LogP contribution in [0, 0.1) is 0 Å². The lowest BCUT2D eigenvalue weighted by Gasteiger charge is -2.08. The van der Waals surface area contributed by atoms with Gasteiger partial charge in [-0.1, -0.05) is 23.7 Å². The van der Waals surface area contributed by atoms with Gasteiger partial charge < -0.3 is 9.84 Å². The maximum Gasteiger partial charge on any atom is 0.337 e. The molecular weight excluding hydrogens is 321 g/mol. The van der Waals surface area contributed by atoms with Crippen molar-refractivity contribution >= 4 is 33.5 Å². The van der Waals surface area contributed by atoms with E-state index in [2.05, 4.69) is 20.9 Å². The van der Waals surface area contributed by atoms with Gasteiger partial charge in [-0.15, -0.1) is 0 Å². The van der Waals surface area contributed by atoms with Crippen LogP contribution in [-0.4, -0.2) is 16.1 Å². The van der Waals surface area contributed by atoms with Gasteiger partial charge in [0.05, 0.1) is 10.0 Å². The molecule has 2 rings (SSSR count). The second kappa shape index (κ2) is 5.37. The summed E-state index contributed by atoms with van der Waals surface area (Å²) in [6.07, 6.45) is 1.33. The number of halogens is 2. The van der Waals surface area contributed by atoms with Crippen LogP contribution in [0.4, 0.5) is 0 Å². The van der Waals surface area contributed by atoms with Gasteiger partial charge in [-0.3, -0.25) is 0 Å². The molecule has 0 radical (unpaired) electrons. The number of carbonyl (C=O) groups is 1. The molecule has 0 fully saturated rings. The fraction of sp³-hybridized carbons (Fsp3) is 0. The Morgan fingerprint density at radius 1 is 1.33 bits per heavy atom. The number of ether oxygens (including phenoxy) is 1. The van der Waals surface area contributed by atoms with Crippen molar-refractivity contribution in [1.29, 1.82) is 0 Å². The van der Waals surface area contributed by atoms with Crippen LogP contribution in [0.2, 0.25) is 5.02 Å². The first-order valence-electron chi connectivity index (χ1n) is 4.90. The molecule has 1 aromatic carbocycles. The number of carboxylic acids is 1. The van der Waals surface area contributed by atoms with E-state index in [1.807, 2.05) is 6.07 Å². The number of rotatable bonds is 3. The van der Waals surface area contributed by atoms with Crippen LogP contribution in [0.3, 0.4) is 0 Å². The Labute approximate surface area is 116 Å². The number of hydrogen-bond donors (Lipinski definition) is 1. The van der Waals surface area contributed by atoms with Crippen molar-refractivity contribution in [2.75, 3.05) is 0 Å². The molecule has 2 aromatic rings. The predicted octanol–water partition coefficient (Wildman–Crippen LogP) is 3.99. The fourth-order valence-corrected chi connectivity index (χ4v) is 1.89. The number of para-hydroxylation sites is 1. The molecular formula is C12H7BrClNO3. The monoisotopic (exact) mass is 327 g/mol. The van der Waals surface area contributed by atoms with Gasteiger partial charge in [0.25, 0.3) is 0 Å². The number of carboxylic acid groups (broad SMARTS) is 1. The molecule has 0 amide bonds. The molecule has 0 bridgehead atoms. The molecule has 18 heavy (non-hydrogen) atoms. The molecule has 1 N–H and O–H groups in total. The normalized spacial score (nSPS) is 10.1. The number of benzene rings is 1. The highest BCUT2D eigenvalue weighted by Gasteiger charge is 2.15. The highest BCUT2D eigenvalue weighted by Crippen LogP contribution is 2.33. The summed E-state index contributed by atoms with van der Waals surface area (Å²) in [5.74, 6) is -0.558. The zero-order chi connectivity index (χ0) is 13.1.